The molecule has 164 valence electrons. The Morgan fingerprint density at radius 3 is 2.84 bits per heavy atom. The molecule has 2 N–H and O–H groups in total. The second-order valence-corrected chi connectivity index (χ2v) is 10.3. The highest BCUT2D eigenvalue weighted by molar-refractivity contribution is 7.89. The van der Waals surface area contributed by atoms with Gasteiger partial charge in [0, 0.05) is 30.1 Å². The summed E-state index contributed by atoms with van der Waals surface area (Å²) in [4.78, 5) is 16.4. The maximum absolute atomic E-state index is 12.0. The van der Waals surface area contributed by atoms with Gasteiger partial charge in [0.2, 0.25) is 10.0 Å². The van der Waals surface area contributed by atoms with Crippen LogP contribution in [0.25, 0.3) is 16.6 Å². The zero-order valence-electron chi connectivity index (χ0n) is 17.7. The largest absolute Gasteiger partial charge is 0.346 e. The lowest BCUT2D eigenvalue weighted by molar-refractivity contribution is 0.289. The molecule has 0 amide bonds. The number of nitrogens with one attached hydrogen (secondary N) is 2. The minimum Gasteiger partial charge on any atom is -0.346 e. The highest BCUT2D eigenvalue weighted by Gasteiger charge is 2.29. The Labute approximate surface area is 182 Å². The number of fused-ring (bicyclic) bond motifs is 1. The van der Waals surface area contributed by atoms with Crippen LogP contribution in [0.5, 0.6) is 0 Å². The molecule has 2 aromatic rings. The van der Waals surface area contributed by atoms with E-state index in [1.165, 1.54) is 32.0 Å². The van der Waals surface area contributed by atoms with Crippen molar-refractivity contribution in [3.63, 3.8) is 0 Å². The smallest absolute Gasteiger partial charge is 0.230 e. The van der Waals surface area contributed by atoms with Gasteiger partial charge in [-0.25, -0.2) is 18.4 Å². The lowest BCUT2D eigenvalue weighted by atomic mass is 9.80. The van der Waals surface area contributed by atoms with Gasteiger partial charge in [-0.05, 0) is 36.7 Å². The monoisotopic (exact) mass is 440 g/mol. The van der Waals surface area contributed by atoms with Crippen molar-refractivity contribution in [1.82, 2.24) is 19.7 Å². The minimum absolute atomic E-state index is 0.195. The molecule has 2 aromatic heterocycles. The van der Waals surface area contributed by atoms with Gasteiger partial charge in [-0.3, -0.25) is 9.71 Å². The number of H-pyrrole nitrogens is 1. The van der Waals surface area contributed by atoms with Gasteiger partial charge in [0.15, 0.2) is 0 Å². The van der Waals surface area contributed by atoms with Crippen LogP contribution in [0.1, 0.15) is 50.6 Å². The number of nitriles is 1. The Bertz CT molecular complexity index is 1140. The molecule has 4 rings (SSSR count). The lowest BCUT2D eigenvalue weighted by Crippen LogP contribution is -2.30. The molecule has 1 saturated carbocycles. The number of aliphatic imine (C=N–C) groups is 1. The summed E-state index contributed by atoms with van der Waals surface area (Å²) in [5.41, 5.74) is 2.03. The van der Waals surface area contributed by atoms with Gasteiger partial charge in [-0.2, -0.15) is 5.26 Å². The van der Waals surface area contributed by atoms with Crippen molar-refractivity contribution < 1.29 is 8.42 Å². The predicted molar refractivity (Wildman–Crippen MR) is 121 cm³/mol. The topological polar surface area (TPSA) is 124 Å². The Kier molecular flexibility index (Phi) is 6.37. The molecule has 8 nitrogen and oxygen atoms in total. The molecule has 1 aliphatic carbocycles. The summed E-state index contributed by atoms with van der Waals surface area (Å²) in [6.07, 6.45) is 13.7. The summed E-state index contributed by atoms with van der Waals surface area (Å²) in [6, 6.07) is 4.28. The van der Waals surface area contributed by atoms with Crippen LogP contribution < -0.4 is 4.72 Å². The van der Waals surface area contributed by atoms with Crippen molar-refractivity contribution in [2.24, 2.45) is 22.7 Å². The fourth-order valence-corrected chi connectivity index (χ4v) is 5.46. The number of rotatable bonds is 6. The van der Waals surface area contributed by atoms with Crippen molar-refractivity contribution in [2.45, 2.75) is 44.9 Å². The number of aromatic amines is 1. The van der Waals surface area contributed by atoms with Crippen LogP contribution in [0.4, 0.5) is 0 Å². The van der Waals surface area contributed by atoms with E-state index in [0.29, 0.717) is 47.6 Å². The average molecular weight is 441 g/mol. The van der Waals surface area contributed by atoms with E-state index >= 15 is 0 Å². The molecule has 1 fully saturated rings. The van der Waals surface area contributed by atoms with Crippen LogP contribution in [-0.2, 0) is 10.0 Å². The van der Waals surface area contributed by atoms with Gasteiger partial charge in [-0.15, -0.1) is 0 Å². The summed E-state index contributed by atoms with van der Waals surface area (Å²) in [7, 11) is -3.50. The van der Waals surface area contributed by atoms with E-state index in [0.717, 1.165) is 24.5 Å². The highest BCUT2D eigenvalue weighted by Crippen LogP contribution is 2.38. The zero-order chi connectivity index (χ0) is 21.8. The van der Waals surface area contributed by atoms with Crippen molar-refractivity contribution in [2.75, 3.05) is 12.8 Å². The van der Waals surface area contributed by atoms with Crippen LogP contribution in [0.15, 0.2) is 29.7 Å². The molecule has 2 aliphatic rings. The number of aromatic nitrogens is 3. The van der Waals surface area contributed by atoms with E-state index in [1.807, 2.05) is 6.07 Å². The fourth-order valence-electron chi connectivity index (χ4n) is 4.93. The molecule has 0 bridgehead atoms. The van der Waals surface area contributed by atoms with Gasteiger partial charge in [0.05, 0.1) is 18.0 Å². The third-order valence-electron chi connectivity index (χ3n) is 6.34. The summed E-state index contributed by atoms with van der Waals surface area (Å²) in [5, 5.41) is 10.2. The van der Waals surface area contributed by atoms with E-state index in [9.17, 15) is 13.7 Å². The van der Waals surface area contributed by atoms with Crippen molar-refractivity contribution in [1.29, 1.82) is 5.26 Å². The van der Waals surface area contributed by atoms with Gasteiger partial charge in [0.1, 0.15) is 17.8 Å². The van der Waals surface area contributed by atoms with Crippen molar-refractivity contribution in [3.05, 3.63) is 30.4 Å². The number of amidine groups is 1. The van der Waals surface area contributed by atoms with Gasteiger partial charge >= 0.3 is 0 Å². The Morgan fingerprint density at radius 2 is 2.10 bits per heavy atom. The second-order valence-electron chi connectivity index (χ2n) is 8.60. The first-order valence-corrected chi connectivity index (χ1v) is 12.7. The van der Waals surface area contributed by atoms with Crippen LogP contribution in [0.2, 0.25) is 0 Å². The summed E-state index contributed by atoms with van der Waals surface area (Å²) < 4.78 is 26.6. The standard InChI is InChI=1S/C22H28N6O2S/c1-31(29,30)28-22-19(20-18-8-11-24-21(18)27-14-26-20)13-15(7-10-25-22)12-17(6-9-23)16-4-2-3-5-16/h8,11,13-17H,2-7,10,12H2,1H3,(H,25,28)(H,24,26,27). The normalized spacial score (nSPS) is 21.2. The van der Waals surface area contributed by atoms with E-state index in [-0.39, 0.29) is 5.92 Å². The van der Waals surface area contributed by atoms with Crippen LogP contribution in [0.3, 0.4) is 0 Å². The van der Waals surface area contributed by atoms with Gasteiger partial charge in [0.25, 0.3) is 0 Å². The molecular formula is C22H28N6O2S. The fraction of sp³-hybridized carbons (Fsp3) is 0.545. The van der Waals surface area contributed by atoms with E-state index in [2.05, 4.69) is 36.8 Å². The Hall–Kier alpha value is -2.73. The maximum Gasteiger partial charge on any atom is 0.230 e. The molecule has 0 saturated heterocycles. The third-order valence-corrected chi connectivity index (χ3v) is 6.91. The number of hydrogen-bond donors (Lipinski definition) is 2. The molecule has 3 heterocycles. The summed E-state index contributed by atoms with van der Waals surface area (Å²) >= 11 is 0. The van der Waals surface area contributed by atoms with Crippen molar-refractivity contribution >= 4 is 32.5 Å². The number of nitrogens with zero attached hydrogens (tertiary/aromatic N) is 4. The molecule has 0 radical (unpaired) electrons. The van der Waals surface area contributed by atoms with Crippen LogP contribution >= 0.6 is 0 Å². The first-order valence-electron chi connectivity index (χ1n) is 10.8. The van der Waals surface area contributed by atoms with Gasteiger partial charge < -0.3 is 4.98 Å². The second kappa shape index (κ2) is 9.18. The minimum atomic E-state index is -3.50. The predicted octanol–water partition coefficient (Wildman–Crippen LogP) is 3.42. The molecule has 2 atom stereocenters. The molecule has 0 aromatic carbocycles. The Balaban J connectivity index is 1.72. The number of allylic oxidation sites excluding steroid dienone is 1. The average Bonchev–Trinajstić information content (AvgIpc) is 3.38. The molecule has 0 spiro atoms. The SMILES string of the molecule is CS(=O)(=O)NC1=NCCC(CC(CC#N)C2CCCC2)C=C1c1ncnc2[nH]ccc12. The first kappa shape index (κ1) is 21.5. The molecule has 1 aliphatic heterocycles. The first-order chi connectivity index (χ1) is 14.9. The van der Waals surface area contributed by atoms with E-state index < -0.39 is 10.0 Å². The number of sulfonamides is 1. The molecule has 2 unspecified atom stereocenters. The maximum atomic E-state index is 12.0. The lowest BCUT2D eigenvalue weighted by Gasteiger charge is -2.24. The summed E-state index contributed by atoms with van der Waals surface area (Å²) in [6.45, 7) is 0.522. The third kappa shape index (κ3) is 5.13. The molecular weight excluding hydrogens is 412 g/mol. The van der Waals surface area contributed by atoms with Crippen molar-refractivity contribution in [3.8, 4) is 6.07 Å². The number of hydrogen-bond acceptors (Lipinski definition) is 6. The van der Waals surface area contributed by atoms with E-state index in [4.69, 9.17) is 0 Å². The highest BCUT2D eigenvalue weighted by atomic mass is 32.2. The zero-order valence-corrected chi connectivity index (χ0v) is 18.5. The van der Waals surface area contributed by atoms with Crippen LogP contribution in [-0.4, -0.2) is 42.0 Å². The summed E-state index contributed by atoms with van der Waals surface area (Å²) in [5.74, 6) is 1.48. The quantitative estimate of drug-likeness (QED) is 0.712. The molecule has 31 heavy (non-hydrogen) atoms. The molecule has 9 heteroatoms. The Morgan fingerprint density at radius 1 is 1.29 bits per heavy atom. The van der Waals surface area contributed by atoms with Gasteiger partial charge in [-0.1, -0.05) is 31.8 Å². The van der Waals surface area contributed by atoms with E-state index in [1.54, 1.807) is 6.20 Å². The van der Waals surface area contributed by atoms with Crippen LogP contribution in [0, 0.1) is 29.1 Å².